The molecule has 4 rings (SSSR count). The Morgan fingerprint density at radius 1 is 0.852 bits per heavy atom. The number of phenolic OH excluding ortho intramolecular Hbond substituents is 2. The molecule has 3 aromatic rings. The summed E-state index contributed by atoms with van der Waals surface area (Å²) in [7, 11) is 0. The number of carbonyl (C=O) groups is 2. The van der Waals surface area contributed by atoms with Crippen LogP contribution in [0.4, 0.5) is 0 Å². The number of aryl methyl sites for hydroxylation is 1. The van der Waals surface area contributed by atoms with Gasteiger partial charge in [-0.3, -0.25) is 9.59 Å². The highest BCUT2D eigenvalue weighted by atomic mass is 16.3. The average Bonchev–Trinajstić information content (AvgIpc) is 3.28. The summed E-state index contributed by atoms with van der Waals surface area (Å²) in [6.45, 7) is 2.26. The van der Waals surface area contributed by atoms with E-state index in [4.69, 9.17) is 0 Å². The molecule has 0 fully saturated rings. The maximum absolute atomic E-state index is 11.3. The molecule has 0 saturated carbocycles. The van der Waals surface area contributed by atoms with Crippen molar-refractivity contribution in [3.8, 4) is 11.5 Å². The van der Waals surface area contributed by atoms with Gasteiger partial charge in [0.1, 0.15) is 11.5 Å². The van der Waals surface area contributed by atoms with Gasteiger partial charge in [0.15, 0.2) is 11.6 Å². The minimum atomic E-state index is -0.479. The van der Waals surface area contributed by atoms with Crippen molar-refractivity contribution in [2.75, 3.05) is 0 Å². The Morgan fingerprint density at radius 3 is 1.96 bits per heavy atom. The zero-order chi connectivity index (χ0) is 19.4. The highest BCUT2D eigenvalue weighted by Gasteiger charge is 2.25. The second-order valence-electron chi connectivity index (χ2n) is 6.72. The second kappa shape index (κ2) is 8.08. The number of benzene rings is 2. The van der Waals surface area contributed by atoms with Gasteiger partial charge in [-0.05, 0) is 60.9 Å². The number of nitrogens with one attached hydrogen (secondary N) is 1. The fraction of sp³-hybridized carbons (Fsp3) is 0.273. The number of unbranched alkanes of at least 4 members (excludes halogenated alkanes) is 3. The summed E-state index contributed by atoms with van der Waals surface area (Å²) >= 11 is 0. The van der Waals surface area contributed by atoms with Crippen LogP contribution in [0.1, 0.15) is 58.9 Å². The lowest BCUT2D eigenvalue weighted by atomic mass is 9.93. The predicted molar refractivity (Wildman–Crippen MR) is 105 cm³/mol. The van der Waals surface area contributed by atoms with Crippen LogP contribution in [0, 0.1) is 0 Å². The third-order valence-electron chi connectivity index (χ3n) is 4.72. The van der Waals surface area contributed by atoms with Crippen molar-refractivity contribution in [3.05, 3.63) is 59.2 Å². The van der Waals surface area contributed by atoms with Crippen molar-refractivity contribution in [1.82, 2.24) is 4.98 Å². The monoisotopic (exact) mass is 365 g/mol. The Bertz CT molecular complexity index is 940. The van der Waals surface area contributed by atoms with Crippen LogP contribution in [-0.4, -0.2) is 26.8 Å². The summed E-state index contributed by atoms with van der Waals surface area (Å²) in [5.41, 5.74) is 3.87. The first kappa shape index (κ1) is 18.7. The molecule has 0 aliphatic heterocycles. The maximum atomic E-state index is 11.3. The summed E-state index contributed by atoms with van der Waals surface area (Å²) in [5.74, 6) is -1.54. The summed E-state index contributed by atoms with van der Waals surface area (Å²) in [6.07, 6.45) is 8.81. The zero-order valence-electron chi connectivity index (χ0n) is 15.3. The number of rotatable bonds is 5. The molecule has 0 unspecified atom stereocenters. The molecule has 27 heavy (non-hydrogen) atoms. The summed E-state index contributed by atoms with van der Waals surface area (Å²) in [4.78, 5) is 25.9. The van der Waals surface area contributed by atoms with Crippen LogP contribution in [-0.2, 0) is 6.42 Å². The number of H-pyrrole nitrogens is 1. The van der Waals surface area contributed by atoms with E-state index in [-0.39, 0.29) is 22.6 Å². The van der Waals surface area contributed by atoms with Gasteiger partial charge >= 0.3 is 0 Å². The van der Waals surface area contributed by atoms with Gasteiger partial charge in [-0.25, -0.2) is 0 Å². The standard InChI is InChI=1S/C12H17N.C10H6O4/c1-2-3-4-5-6-10-9-11-7-8-12(10)13-11;11-5-1-2-6(12)10-8(14)4-3-7(13)9(5)10/h7-9,13H,2-6H2,1H3;1-4,11-12H. The molecule has 0 radical (unpaired) electrons. The Hall–Kier alpha value is -3.08. The lowest BCUT2D eigenvalue weighted by molar-refractivity contribution is 0.0989. The number of hydrogen-bond acceptors (Lipinski definition) is 4. The molecular weight excluding hydrogens is 342 g/mol. The molecule has 2 aromatic heterocycles. The third-order valence-corrected chi connectivity index (χ3v) is 4.72. The van der Waals surface area contributed by atoms with Crippen molar-refractivity contribution in [1.29, 1.82) is 0 Å². The molecule has 1 aromatic carbocycles. The van der Waals surface area contributed by atoms with E-state index in [9.17, 15) is 19.8 Å². The summed E-state index contributed by atoms with van der Waals surface area (Å²) in [5, 5.41) is 18.7. The van der Waals surface area contributed by atoms with Gasteiger partial charge in [-0.2, -0.15) is 0 Å². The topological polar surface area (TPSA) is 90.4 Å². The van der Waals surface area contributed by atoms with Gasteiger partial charge in [0.05, 0.1) is 11.1 Å². The fourth-order valence-corrected chi connectivity index (χ4v) is 3.30. The van der Waals surface area contributed by atoms with Crippen LogP contribution in [0.5, 0.6) is 11.5 Å². The molecule has 0 atom stereocenters. The van der Waals surface area contributed by atoms with E-state index < -0.39 is 11.6 Å². The van der Waals surface area contributed by atoms with Crippen LogP contribution in [0.15, 0.2) is 42.5 Å². The van der Waals surface area contributed by atoms with E-state index in [1.54, 1.807) is 0 Å². The molecule has 3 N–H and O–H groups in total. The Balaban J connectivity index is 0.000000156. The number of hydrogen-bond donors (Lipinski definition) is 3. The molecule has 5 heteroatoms. The SMILES string of the molecule is CCCCCCc1cc2ccc1[nH]2.O=C1C=CC(=O)c2c(O)ccc(O)c21. The number of aromatic nitrogens is 1. The highest BCUT2D eigenvalue weighted by molar-refractivity contribution is 6.24. The first-order chi connectivity index (χ1) is 13.0. The van der Waals surface area contributed by atoms with Crippen LogP contribution >= 0.6 is 0 Å². The smallest absolute Gasteiger partial charge is 0.190 e. The number of aromatic hydroxyl groups is 2. The van der Waals surface area contributed by atoms with E-state index >= 15 is 0 Å². The summed E-state index contributed by atoms with van der Waals surface area (Å²) in [6, 6.07) is 8.97. The molecule has 1 aliphatic rings. The second-order valence-corrected chi connectivity index (χ2v) is 6.72. The first-order valence-corrected chi connectivity index (χ1v) is 9.23. The van der Waals surface area contributed by atoms with Crippen molar-refractivity contribution in [2.24, 2.45) is 0 Å². The molecule has 1 aliphatic carbocycles. The van der Waals surface area contributed by atoms with Gasteiger partial charge < -0.3 is 15.2 Å². The third kappa shape index (κ3) is 4.03. The van der Waals surface area contributed by atoms with E-state index in [1.807, 2.05) is 0 Å². The minimum Gasteiger partial charge on any atom is -0.507 e. The van der Waals surface area contributed by atoms with Crippen molar-refractivity contribution in [2.45, 2.75) is 39.0 Å². The van der Waals surface area contributed by atoms with E-state index in [2.05, 4.69) is 30.1 Å². The van der Waals surface area contributed by atoms with Crippen LogP contribution in [0.2, 0.25) is 0 Å². The maximum Gasteiger partial charge on any atom is 0.190 e. The molecule has 140 valence electrons. The Kier molecular flexibility index (Phi) is 5.60. The van der Waals surface area contributed by atoms with Gasteiger partial charge in [0.2, 0.25) is 0 Å². The van der Waals surface area contributed by atoms with E-state index in [1.165, 1.54) is 60.8 Å². The number of phenols is 2. The molecule has 0 saturated heterocycles. The average molecular weight is 365 g/mol. The van der Waals surface area contributed by atoms with Gasteiger partial charge in [0.25, 0.3) is 0 Å². The van der Waals surface area contributed by atoms with E-state index in [0.29, 0.717) is 0 Å². The number of aromatic amines is 1. The number of allylic oxidation sites excluding steroid dienone is 2. The number of fused-ring (bicyclic) bond motifs is 3. The Labute approximate surface area is 157 Å². The highest BCUT2D eigenvalue weighted by Crippen LogP contribution is 2.32. The quantitative estimate of drug-likeness (QED) is 0.449. The molecule has 2 bridgehead atoms. The van der Waals surface area contributed by atoms with Gasteiger partial charge in [-0.15, -0.1) is 0 Å². The van der Waals surface area contributed by atoms with Crippen molar-refractivity contribution >= 4 is 22.6 Å². The van der Waals surface area contributed by atoms with Crippen molar-refractivity contribution < 1.29 is 19.8 Å². The van der Waals surface area contributed by atoms with Crippen LogP contribution in [0.25, 0.3) is 11.0 Å². The lowest BCUT2D eigenvalue weighted by Gasteiger charge is -2.11. The van der Waals surface area contributed by atoms with Gasteiger partial charge in [-0.1, -0.05) is 26.2 Å². The van der Waals surface area contributed by atoms with Crippen LogP contribution in [0.3, 0.4) is 0 Å². The Morgan fingerprint density at radius 2 is 1.48 bits per heavy atom. The molecule has 0 amide bonds. The van der Waals surface area contributed by atoms with Crippen LogP contribution < -0.4 is 0 Å². The zero-order valence-corrected chi connectivity index (χ0v) is 15.3. The summed E-state index contributed by atoms with van der Waals surface area (Å²) < 4.78 is 0. The van der Waals surface area contributed by atoms with E-state index in [0.717, 1.165) is 12.2 Å². The number of ketones is 2. The molecule has 5 nitrogen and oxygen atoms in total. The predicted octanol–water partition coefficient (Wildman–Crippen LogP) is 4.76. The lowest BCUT2D eigenvalue weighted by Crippen LogP contribution is -2.11. The number of carbonyl (C=O) groups excluding carboxylic acids is 2. The largest absolute Gasteiger partial charge is 0.507 e. The molecule has 2 heterocycles. The molecule has 0 spiro atoms. The minimum absolute atomic E-state index is 0.127. The first-order valence-electron chi connectivity index (χ1n) is 9.23. The van der Waals surface area contributed by atoms with Crippen molar-refractivity contribution in [3.63, 3.8) is 0 Å². The fourth-order valence-electron chi connectivity index (χ4n) is 3.30. The molecular formula is C22H23NO4. The normalized spacial score (nSPS) is 12.9. The van der Waals surface area contributed by atoms with Gasteiger partial charge in [0, 0.05) is 11.0 Å².